The van der Waals surface area contributed by atoms with Gasteiger partial charge in [0.25, 0.3) is 5.91 Å². The summed E-state index contributed by atoms with van der Waals surface area (Å²) < 4.78 is 38.6. The maximum atomic E-state index is 12.9. The lowest BCUT2D eigenvalue weighted by atomic mass is 10.2. The van der Waals surface area contributed by atoms with Crippen LogP contribution in [0, 0.1) is 17.5 Å². The number of halogens is 4. The number of rotatable bonds is 2. The highest BCUT2D eigenvalue weighted by Crippen LogP contribution is 2.18. The van der Waals surface area contributed by atoms with Gasteiger partial charge in [-0.3, -0.25) is 4.79 Å². The average Bonchev–Trinajstić information content (AvgIpc) is 2.36. The third-order valence-corrected chi connectivity index (χ3v) is 2.45. The highest BCUT2D eigenvalue weighted by molar-refractivity contribution is 6.29. The number of anilines is 1. The molecule has 7 heteroatoms. The highest BCUT2D eigenvalue weighted by Gasteiger charge is 2.13. The fraction of sp³-hybridized carbons (Fsp3) is 0. The number of nitrogens with one attached hydrogen (secondary N) is 1. The van der Waals surface area contributed by atoms with E-state index >= 15 is 0 Å². The third-order valence-electron chi connectivity index (χ3n) is 2.23. The van der Waals surface area contributed by atoms with Crippen LogP contribution >= 0.6 is 11.6 Å². The summed E-state index contributed by atoms with van der Waals surface area (Å²) in [6, 6.07) is 4.14. The molecule has 0 fully saturated rings. The number of carbonyl (C=O) groups excluding carboxylic acids is 1. The number of nitrogens with zero attached hydrogens (tertiary/aromatic N) is 1. The molecule has 1 aromatic heterocycles. The molecule has 0 saturated carbocycles. The molecule has 0 atom stereocenters. The molecular weight excluding hydrogens is 281 g/mol. The predicted molar refractivity (Wildman–Crippen MR) is 63.5 cm³/mol. The number of carbonyl (C=O) groups is 1. The van der Waals surface area contributed by atoms with E-state index in [-0.39, 0.29) is 16.4 Å². The summed E-state index contributed by atoms with van der Waals surface area (Å²) in [6.07, 6.45) is 1.20. The molecule has 3 nitrogen and oxygen atoms in total. The summed E-state index contributed by atoms with van der Waals surface area (Å²) in [7, 11) is 0. The zero-order valence-electron chi connectivity index (χ0n) is 9.25. The van der Waals surface area contributed by atoms with Crippen molar-refractivity contribution in [1.29, 1.82) is 0 Å². The van der Waals surface area contributed by atoms with E-state index in [9.17, 15) is 18.0 Å². The maximum Gasteiger partial charge on any atom is 0.257 e. The molecule has 1 amide bonds. The van der Waals surface area contributed by atoms with Gasteiger partial charge >= 0.3 is 0 Å². The van der Waals surface area contributed by atoms with Gasteiger partial charge in [-0.15, -0.1) is 0 Å². The minimum atomic E-state index is -1.59. The zero-order valence-corrected chi connectivity index (χ0v) is 10.0. The fourth-order valence-corrected chi connectivity index (χ4v) is 1.45. The summed E-state index contributed by atoms with van der Waals surface area (Å²) in [5.74, 6) is -5.00. The lowest BCUT2D eigenvalue weighted by Crippen LogP contribution is -2.12. The molecule has 0 bridgehead atoms. The van der Waals surface area contributed by atoms with E-state index in [0.29, 0.717) is 12.1 Å². The molecule has 2 rings (SSSR count). The van der Waals surface area contributed by atoms with Crippen molar-refractivity contribution >= 4 is 23.2 Å². The topological polar surface area (TPSA) is 42.0 Å². The SMILES string of the molecule is O=C(Nc1cc(F)c(F)c(F)c1)c1ccc(Cl)nc1. The Bertz CT molecular complexity index is 608. The predicted octanol–water partition coefficient (Wildman–Crippen LogP) is 3.40. The first-order valence-corrected chi connectivity index (χ1v) is 5.42. The monoisotopic (exact) mass is 286 g/mol. The van der Waals surface area contributed by atoms with Gasteiger partial charge in [0.1, 0.15) is 5.15 Å². The second-order valence-electron chi connectivity index (χ2n) is 3.58. The molecule has 0 aliphatic rings. The maximum absolute atomic E-state index is 12.9. The first-order valence-electron chi connectivity index (χ1n) is 5.05. The summed E-state index contributed by atoms with van der Waals surface area (Å²) in [5.41, 5.74) is -0.0501. The van der Waals surface area contributed by atoms with Crippen molar-refractivity contribution in [2.24, 2.45) is 0 Å². The van der Waals surface area contributed by atoms with Crippen molar-refractivity contribution in [1.82, 2.24) is 4.98 Å². The van der Waals surface area contributed by atoms with Gasteiger partial charge in [0.2, 0.25) is 0 Å². The molecule has 2 aromatic rings. The van der Waals surface area contributed by atoms with E-state index in [1.807, 2.05) is 0 Å². The molecule has 0 saturated heterocycles. The molecule has 0 spiro atoms. The van der Waals surface area contributed by atoms with Gasteiger partial charge in [-0.25, -0.2) is 18.2 Å². The van der Waals surface area contributed by atoms with Gasteiger partial charge < -0.3 is 5.32 Å². The second-order valence-corrected chi connectivity index (χ2v) is 3.96. The molecule has 0 aliphatic heterocycles. The van der Waals surface area contributed by atoms with Gasteiger partial charge in [0.05, 0.1) is 5.56 Å². The number of pyridine rings is 1. The molecule has 98 valence electrons. The van der Waals surface area contributed by atoms with Crippen molar-refractivity contribution in [2.45, 2.75) is 0 Å². The van der Waals surface area contributed by atoms with Crippen molar-refractivity contribution in [2.75, 3.05) is 5.32 Å². The fourth-order valence-electron chi connectivity index (χ4n) is 1.34. The van der Waals surface area contributed by atoms with E-state index in [2.05, 4.69) is 10.3 Å². The average molecular weight is 287 g/mol. The summed E-state index contributed by atoms with van der Waals surface area (Å²) in [6.45, 7) is 0. The van der Waals surface area contributed by atoms with Crippen molar-refractivity contribution < 1.29 is 18.0 Å². The minimum absolute atomic E-state index is 0.148. The molecule has 1 aromatic carbocycles. The molecule has 0 unspecified atom stereocenters. The Morgan fingerprint density at radius 3 is 2.32 bits per heavy atom. The van der Waals surface area contributed by atoms with Crippen LogP contribution in [0.1, 0.15) is 10.4 Å². The van der Waals surface area contributed by atoms with Gasteiger partial charge in [-0.05, 0) is 12.1 Å². The van der Waals surface area contributed by atoms with Crippen LogP contribution in [0.25, 0.3) is 0 Å². The van der Waals surface area contributed by atoms with Crippen LogP contribution in [0.5, 0.6) is 0 Å². The first-order chi connectivity index (χ1) is 8.97. The quantitative estimate of drug-likeness (QED) is 0.679. The normalized spacial score (nSPS) is 10.3. The smallest absolute Gasteiger partial charge is 0.257 e. The molecule has 0 radical (unpaired) electrons. The van der Waals surface area contributed by atoms with E-state index in [4.69, 9.17) is 11.6 Å². The highest BCUT2D eigenvalue weighted by atomic mass is 35.5. The Kier molecular flexibility index (Phi) is 3.71. The molecule has 0 aliphatic carbocycles. The van der Waals surface area contributed by atoms with Crippen LogP contribution in [-0.4, -0.2) is 10.9 Å². The molecular formula is C12H6ClF3N2O. The second kappa shape index (κ2) is 5.27. The lowest BCUT2D eigenvalue weighted by Gasteiger charge is -2.06. The zero-order chi connectivity index (χ0) is 14.0. The summed E-state index contributed by atoms with van der Waals surface area (Å²) in [5, 5.41) is 2.42. The Morgan fingerprint density at radius 1 is 1.16 bits per heavy atom. The van der Waals surface area contributed by atoms with Crippen molar-refractivity contribution in [3.05, 3.63) is 58.6 Å². The summed E-state index contributed by atoms with van der Waals surface area (Å²) >= 11 is 5.55. The molecule has 19 heavy (non-hydrogen) atoms. The lowest BCUT2D eigenvalue weighted by molar-refractivity contribution is 0.102. The number of amides is 1. The van der Waals surface area contributed by atoms with Crippen molar-refractivity contribution in [3.63, 3.8) is 0 Å². The Morgan fingerprint density at radius 2 is 1.79 bits per heavy atom. The van der Waals surface area contributed by atoms with E-state index in [0.717, 1.165) is 0 Å². The number of hydrogen-bond donors (Lipinski definition) is 1. The van der Waals surface area contributed by atoms with E-state index in [1.54, 1.807) is 0 Å². The van der Waals surface area contributed by atoms with Gasteiger partial charge in [0, 0.05) is 24.0 Å². The first kappa shape index (κ1) is 13.4. The summed E-state index contributed by atoms with van der Waals surface area (Å²) in [4.78, 5) is 15.4. The third kappa shape index (κ3) is 3.03. The number of benzene rings is 1. The number of hydrogen-bond acceptors (Lipinski definition) is 2. The van der Waals surface area contributed by atoms with Gasteiger partial charge in [0.15, 0.2) is 17.5 Å². The number of aromatic nitrogens is 1. The van der Waals surface area contributed by atoms with Crippen LogP contribution in [-0.2, 0) is 0 Å². The van der Waals surface area contributed by atoms with E-state index < -0.39 is 23.4 Å². The molecule has 1 N–H and O–H groups in total. The van der Waals surface area contributed by atoms with Crippen molar-refractivity contribution in [3.8, 4) is 0 Å². The standard InChI is InChI=1S/C12H6ClF3N2O/c13-10-2-1-6(5-17-10)12(19)18-7-3-8(14)11(16)9(15)4-7/h1-5H,(H,18,19). The molecule has 1 heterocycles. The van der Waals surface area contributed by atoms with Gasteiger partial charge in [-0.2, -0.15) is 0 Å². The Hall–Kier alpha value is -2.08. The van der Waals surface area contributed by atoms with E-state index in [1.165, 1.54) is 18.3 Å². The van der Waals surface area contributed by atoms with Gasteiger partial charge in [-0.1, -0.05) is 11.6 Å². The van der Waals surface area contributed by atoms with Crippen LogP contribution in [0.15, 0.2) is 30.5 Å². The minimum Gasteiger partial charge on any atom is -0.322 e. The Balaban J connectivity index is 2.22. The van der Waals surface area contributed by atoms with Crippen LogP contribution in [0.3, 0.4) is 0 Å². The van der Waals surface area contributed by atoms with Crippen LogP contribution in [0.2, 0.25) is 5.15 Å². The van der Waals surface area contributed by atoms with Crippen LogP contribution in [0.4, 0.5) is 18.9 Å². The Labute approximate surface area is 111 Å². The van der Waals surface area contributed by atoms with Crippen LogP contribution < -0.4 is 5.32 Å². The largest absolute Gasteiger partial charge is 0.322 e.